The molecule has 0 spiro atoms. The van der Waals surface area contributed by atoms with Gasteiger partial charge in [-0.1, -0.05) is 23.7 Å². The topological polar surface area (TPSA) is 53.4 Å². The minimum Gasteiger partial charge on any atom is -0.478 e. The summed E-state index contributed by atoms with van der Waals surface area (Å²) in [5.74, 6) is -0.201. The minimum atomic E-state index is -0.967. The van der Waals surface area contributed by atoms with E-state index in [1.807, 2.05) is 43.1 Å². The van der Waals surface area contributed by atoms with Gasteiger partial charge in [0.05, 0.1) is 11.6 Å². The fourth-order valence-electron chi connectivity index (χ4n) is 2.20. The first-order chi connectivity index (χ1) is 9.90. The molecule has 1 heterocycles. The van der Waals surface area contributed by atoms with E-state index in [4.69, 9.17) is 16.7 Å². The van der Waals surface area contributed by atoms with Crippen LogP contribution in [0.25, 0.3) is 0 Å². The van der Waals surface area contributed by atoms with Crippen LogP contribution in [0.1, 0.15) is 34.5 Å². The highest BCUT2D eigenvalue weighted by atomic mass is 35.5. The first-order valence-corrected chi connectivity index (χ1v) is 6.96. The molecule has 0 fully saturated rings. The van der Waals surface area contributed by atoms with Gasteiger partial charge in [-0.25, -0.2) is 9.78 Å². The van der Waals surface area contributed by atoms with E-state index in [0.717, 1.165) is 16.9 Å². The summed E-state index contributed by atoms with van der Waals surface area (Å²) in [5, 5.41) is 9.69. The molecule has 0 aliphatic carbocycles. The van der Waals surface area contributed by atoms with Crippen molar-refractivity contribution in [3.8, 4) is 0 Å². The van der Waals surface area contributed by atoms with Crippen LogP contribution in [0.2, 0.25) is 5.02 Å². The lowest BCUT2D eigenvalue weighted by Crippen LogP contribution is -2.23. The van der Waals surface area contributed by atoms with Crippen LogP contribution in [0.3, 0.4) is 0 Å². The number of benzene rings is 1. The van der Waals surface area contributed by atoms with E-state index in [2.05, 4.69) is 11.9 Å². The van der Waals surface area contributed by atoms with Crippen molar-refractivity contribution in [1.82, 2.24) is 4.98 Å². The molecule has 2 rings (SSSR count). The number of pyridine rings is 1. The summed E-state index contributed by atoms with van der Waals surface area (Å²) in [5.41, 5.74) is 2.15. The van der Waals surface area contributed by atoms with Crippen molar-refractivity contribution in [3.05, 3.63) is 58.2 Å². The number of carboxylic acid groups (broad SMARTS) is 1. The fraction of sp³-hybridized carbons (Fsp3) is 0.250. The third kappa shape index (κ3) is 3.34. The van der Waals surface area contributed by atoms with Gasteiger partial charge in [-0.3, -0.25) is 0 Å². The van der Waals surface area contributed by atoms with Crippen molar-refractivity contribution in [2.75, 3.05) is 11.9 Å². The fourth-order valence-corrected chi connectivity index (χ4v) is 2.33. The molecule has 1 unspecified atom stereocenters. The number of hydrogen-bond donors (Lipinski definition) is 1. The van der Waals surface area contributed by atoms with Crippen LogP contribution in [0.15, 0.2) is 36.5 Å². The van der Waals surface area contributed by atoms with Gasteiger partial charge in [0.15, 0.2) is 0 Å². The Bertz CT molecular complexity index is 656. The second-order valence-corrected chi connectivity index (χ2v) is 5.44. The Labute approximate surface area is 129 Å². The molecule has 0 radical (unpaired) electrons. The normalized spacial score (nSPS) is 12.0. The van der Waals surface area contributed by atoms with Crippen LogP contribution in [0.4, 0.5) is 5.82 Å². The Balaban J connectivity index is 2.28. The SMILES string of the molecule is Cc1cc(C(=O)O)cnc1N(C)C(C)c1ccc(Cl)cc1. The molecule has 0 aliphatic heterocycles. The molecule has 21 heavy (non-hydrogen) atoms. The summed E-state index contributed by atoms with van der Waals surface area (Å²) in [4.78, 5) is 17.3. The number of anilines is 1. The molecule has 0 aliphatic rings. The first kappa shape index (κ1) is 15.3. The third-order valence-corrected chi connectivity index (χ3v) is 3.82. The summed E-state index contributed by atoms with van der Waals surface area (Å²) >= 11 is 5.90. The second-order valence-electron chi connectivity index (χ2n) is 5.01. The van der Waals surface area contributed by atoms with Crippen LogP contribution < -0.4 is 4.90 Å². The van der Waals surface area contributed by atoms with Crippen LogP contribution in [0, 0.1) is 6.92 Å². The maximum Gasteiger partial charge on any atom is 0.337 e. The van der Waals surface area contributed by atoms with Gasteiger partial charge in [-0.05, 0) is 43.2 Å². The predicted octanol–water partition coefficient (Wildman–Crippen LogP) is 3.94. The Hall–Kier alpha value is -2.07. The number of carboxylic acids is 1. The highest BCUT2D eigenvalue weighted by Gasteiger charge is 2.16. The average molecular weight is 305 g/mol. The van der Waals surface area contributed by atoms with E-state index < -0.39 is 5.97 Å². The molecule has 1 atom stereocenters. The zero-order valence-corrected chi connectivity index (χ0v) is 12.9. The third-order valence-electron chi connectivity index (χ3n) is 3.57. The van der Waals surface area contributed by atoms with Crippen LogP contribution in [0.5, 0.6) is 0 Å². The minimum absolute atomic E-state index is 0.101. The summed E-state index contributed by atoms with van der Waals surface area (Å²) in [7, 11) is 1.94. The molecule has 1 aromatic heterocycles. The number of carbonyl (C=O) groups is 1. The van der Waals surface area contributed by atoms with E-state index >= 15 is 0 Å². The largest absolute Gasteiger partial charge is 0.478 e. The lowest BCUT2D eigenvalue weighted by Gasteiger charge is -2.27. The Kier molecular flexibility index (Phi) is 4.48. The molecule has 2 aromatic rings. The number of aryl methyl sites for hydroxylation is 1. The van der Waals surface area contributed by atoms with E-state index in [1.165, 1.54) is 6.20 Å². The van der Waals surface area contributed by atoms with E-state index in [9.17, 15) is 4.79 Å². The molecule has 4 nitrogen and oxygen atoms in total. The zero-order valence-electron chi connectivity index (χ0n) is 12.2. The molecule has 5 heteroatoms. The maximum atomic E-state index is 11.0. The van der Waals surface area contributed by atoms with Crippen LogP contribution >= 0.6 is 11.6 Å². The lowest BCUT2D eigenvalue weighted by molar-refractivity contribution is 0.0696. The van der Waals surface area contributed by atoms with Crippen molar-refractivity contribution >= 4 is 23.4 Å². The molecule has 1 N–H and O–H groups in total. The average Bonchev–Trinajstić information content (AvgIpc) is 2.46. The highest BCUT2D eigenvalue weighted by Crippen LogP contribution is 2.27. The van der Waals surface area contributed by atoms with Crippen LogP contribution in [-0.4, -0.2) is 23.1 Å². The quantitative estimate of drug-likeness (QED) is 0.929. The van der Waals surface area contributed by atoms with Gasteiger partial charge in [0, 0.05) is 18.3 Å². The standard InChI is InChI=1S/C16H17ClN2O2/c1-10-8-13(16(20)21)9-18-15(10)19(3)11(2)12-4-6-14(17)7-5-12/h4-9,11H,1-3H3,(H,20,21). The smallest absolute Gasteiger partial charge is 0.337 e. The van der Waals surface area contributed by atoms with Crippen molar-refractivity contribution in [1.29, 1.82) is 0 Å². The Morgan fingerprint density at radius 2 is 1.95 bits per heavy atom. The summed E-state index contributed by atoms with van der Waals surface area (Å²) in [6.07, 6.45) is 1.38. The molecule has 1 aromatic carbocycles. The van der Waals surface area contributed by atoms with Crippen molar-refractivity contribution < 1.29 is 9.90 Å². The summed E-state index contributed by atoms with van der Waals surface area (Å²) < 4.78 is 0. The van der Waals surface area contributed by atoms with Crippen molar-refractivity contribution in [2.45, 2.75) is 19.9 Å². The van der Waals surface area contributed by atoms with Crippen LogP contribution in [-0.2, 0) is 0 Å². The zero-order chi connectivity index (χ0) is 15.6. The molecule has 110 valence electrons. The second kappa shape index (κ2) is 6.14. The maximum absolute atomic E-state index is 11.0. The van der Waals surface area contributed by atoms with Crippen molar-refractivity contribution in [3.63, 3.8) is 0 Å². The van der Waals surface area contributed by atoms with E-state index in [-0.39, 0.29) is 11.6 Å². The molecular weight excluding hydrogens is 288 g/mol. The molecule has 0 amide bonds. The van der Waals surface area contributed by atoms with Gasteiger partial charge < -0.3 is 10.0 Å². The van der Waals surface area contributed by atoms with Crippen molar-refractivity contribution in [2.24, 2.45) is 0 Å². The van der Waals surface area contributed by atoms with E-state index in [1.54, 1.807) is 6.07 Å². The number of hydrogen-bond acceptors (Lipinski definition) is 3. The van der Waals surface area contributed by atoms with Gasteiger partial charge in [0.2, 0.25) is 0 Å². The van der Waals surface area contributed by atoms with E-state index in [0.29, 0.717) is 5.02 Å². The lowest BCUT2D eigenvalue weighted by atomic mass is 10.1. The number of rotatable bonds is 4. The monoisotopic (exact) mass is 304 g/mol. The summed E-state index contributed by atoms with van der Waals surface area (Å²) in [6, 6.07) is 9.40. The predicted molar refractivity (Wildman–Crippen MR) is 84.2 cm³/mol. The van der Waals surface area contributed by atoms with Gasteiger partial charge in [0.25, 0.3) is 0 Å². The van der Waals surface area contributed by atoms with Gasteiger partial charge in [-0.15, -0.1) is 0 Å². The molecule has 0 saturated heterocycles. The first-order valence-electron chi connectivity index (χ1n) is 6.58. The number of halogens is 1. The number of nitrogens with zero attached hydrogens (tertiary/aromatic N) is 2. The summed E-state index contributed by atoms with van der Waals surface area (Å²) in [6.45, 7) is 3.93. The number of aromatic nitrogens is 1. The molecular formula is C16H17ClN2O2. The molecule has 0 saturated carbocycles. The van der Waals surface area contributed by atoms with Gasteiger partial charge in [-0.2, -0.15) is 0 Å². The molecule has 0 bridgehead atoms. The Morgan fingerprint density at radius 1 is 1.33 bits per heavy atom. The highest BCUT2D eigenvalue weighted by molar-refractivity contribution is 6.30. The number of aromatic carboxylic acids is 1. The Morgan fingerprint density at radius 3 is 2.48 bits per heavy atom. The van der Waals surface area contributed by atoms with Gasteiger partial charge in [0.1, 0.15) is 5.82 Å². The van der Waals surface area contributed by atoms with Gasteiger partial charge >= 0.3 is 5.97 Å².